The lowest BCUT2D eigenvalue weighted by molar-refractivity contribution is -0.122. The van der Waals surface area contributed by atoms with Crippen molar-refractivity contribution in [3.8, 4) is 0 Å². The SMILES string of the molecule is CC[C@@]1(C)C(=O)N2CCCc3cccc1c32. The van der Waals surface area contributed by atoms with E-state index in [1.165, 1.54) is 16.8 Å². The van der Waals surface area contributed by atoms with Crippen molar-refractivity contribution in [2.24, 2.45) is 0 Å². The Kier molecular flexibility index (Phi) is 1.91. The van der Waals surface area contributed by atoms with Crippen molar-refractivity contribution in [3.05, 3.63) is 29.3 Å². The Morgan fingerprint density at radius 3 is 3.00 bits per heavy atom. The maximum absolute atomic E-state index is 12.5. The summed E-state index contributed by atoms with van der Waals surface area (Å²) in [7, 11) is 0. The molecule has 0 aliphatic carbocycles. The van der Waals surface area contributed by atoms with Crippen LogP contribution >= 0.6 is 0 Å². The van der Waals surface area contributed by atoms with Gasteiger partial charge in [0, 0.05) is 6.54 Å². The Labute approximate surface area is 96.3 Å². The number of anilines is 1. The molecule has 1 amide bonds. The van der Waals surface area contributed by atoms with Gasteiger partial charge in [0.25, 0.3) is 0 Å². The zero-order valence-electron chi connectivity index (χ0n) is 9.92. The summed E-state index contributed by atoms with van der Waals surface area (Å²) >= 11 is 0. The third kappa shape index (κ3) is 0.998. The molecule has 0 fully saturated rings. The largest absolute Gasteiger partial charge is 0.311 e. The molecule has 2 aliphatic heterocycles. The summed E-state index contributed by atoms with van der Waals surface area (Å²) in [5.74, 6) is 0.303. The monoisotopic (exact) mass is 215 g/mol. The van der Waals surface area contributed by atoms with Gasteiger partial charge in [-0.1, -0.05) is 25.1 Å². The number of hydrogen-bond donors (Lipinski definition) is 0. The number of rotatable bonds is 1. The summed E-state index contributed by atoms with van der Waals surface area (Å²) in [5, 5.41) is 0. The van der Waals surface area contributed by atoms with Gasteiger partial charge in [0.1, 0.15) is 0 Å². The Morgan fingerprint density at radius 2 is 2.25 bits per heavy atom. The van der Waals surface area contributed by atoms with Crippen LogP contribution in [-0.4, -0.2) is 12.5 Å². The summed E-state index contributed by atoms with van der Waals surface area (Å²) in [6, 6.07) is 6.40. The van der Waals surface area contributed by atoms with Crippen LogP contribution in [0.25, 0.3) is 0 Å². The van der Waals surface area contributed by atoms with E-state index in [0.717, 1.165) is 25.8 Å². The summed E-state index contributed by atoms with van der Waals surface area (Å²) in [6.07, 6.45) is 3.10. The van der Waals surface area contributed by atoms with Gasteiger partial charge in [0.05, 0.1) is 11.1 Å². The van der Waals surface area contributed by atoms with Gasteiger partial charge in [-0.25, -0.2) is 0 Å². The summed E-state index contributed by atoms with van der Waals surface area (Å²) in [5.41, 5.74) is 3.55. The van der Waals surface area contributed by atoms with Crippen LogP contribution < -0.4 is 4.90 Å². The van der Waals surface area contributed by atoms with Crippen LogP contribution in [0.1, 0.15) is 37.8 Å². The molecule has 0 spiro atoms. The molecule has 0 radical (unpaired) electrons. The predicted molar refractivity (Wildman–Crippen MR) is 64.8 cm³/mol. The normalized spacial score (nSPS) is 27.1. The molecular formula is C14H17NO. The minimum atomic E-state index is -0.282. The Hall–Kier alpha value is -1.31. The molecular weight excluding hydrogens is 198 g/mol. The van der Waals surface area contributed by atoms with Gasteiger partial charge in [-0.15, -0.1) is 0 Å². The lowest BCUT2D eigenvalue weighted by Crippen LogP contribution is -2.39. The summed E-state index contributed by atoms with van der Waals surface area (Å²) < 4.78 is 0. The number of benzene rings is 1. The molecule has 0 aromatic heterocycles. The van der Waals surface area contributed by atoms with E-state index in [9.17, 15) is 4.79 Å². The van der Waals surface area contributed by atoms with Gasteiger partial charge >= 0.3 is 0 Å². The van der Waals surface area contributed by atoms with Crippen molar-refractivity contribution in [3.63, 3.8) is 0 Å². The molecule has 0 unspecified atom stereocenters. The number of para-hydroxylation sites is 1. The molecule has 2 nitrogen and oxygen atoms in total. The molecule has 0 N–H and O–H groups in total. The maximum atomic E-state index is 12.5. The molecule has 84 valence electrons. The first-order valence-electron chi connectivity index (χ1n) is 6.13. The fraction of sp³-hybridized carbons (Fsp3) is 0.500. The number of nitrogens with zero attached hydrogens (tertiary/aromatic N) is 1. The number of aryl methyl sites for hydroxylation is 1. The highest BCUT2D eigenvalue weighted by molar-refractivity contribution is 6.08. The number of amides is 1. The molecule has 0 saturated carbocycles. The standard InChI is InChI=1S/C14H17NO/c1-3-14(2)11-8-4-6-10-7-5-9-15(12(10)11)13(14)16/h4,6,8H,3,5,7,9H2,1-2H3/t14-/m1/s1. The van der Waals surface area contributed by atoms with Crippen molar-refractivity contribution in [1.29, 1.82) is 0 Å². The lowest BCUT2D eigenvalue weighted by atomic mass is 9.81. The van der Waals surface area contributed by atoms with Crippen molar-refractivity contribution in [1.82, 2.24) is 0 Å². The van der Waals surface area contributed by atoms with Crippen LogP contribution in [0, 0.1) is 0 Å². The Balaban J connectivity index is 2.28. The highest BCUT2D eigenvalue weighted by Crippen LogP contribution is 2.47. The topological polar surface area (TPSA) is 20.3 Å². The summed E-state index contributed by atoms with van der Waals surface area (Å²) in [6.45, 7) is 5.09. The van der Waals surface area contributed by atoms with Crippen molar-refractivity contribution >= 4 is 11.6 Å². The minimum Gasteiger partial charge on any atom is -0.311 e. The zero-order chi connectivity index (χ0) is 11.3. The van der Waals surface area contributed by atoms with Crippen LogP contribution in [0.3, 0.4) is 0 Å². The third-order valence-electron chi connectivity index (χ3n) is 4.24. The quantitative estimate of drug-likeness (QED) is 0.705. The van der Waals surface area contributed by atoms with Gasteiger partial charge in [-0.3, -0.25) is 4.79 Å². The maximum Gasteiger partial charge on any atom is 0.237 e. The van der Waals surface area contributed by atoms with E-state index in [1.807, 2.05) is 4.90 Å². The first kappa shape index (κ1) is 9.88. The highest BCUT2D eigenvalue weighted by Gasteiger charge is 2.47. The van der Waals surface area contributed by atoms with Gasteiger partial charge in [-0.2, -0.15) is 0 Å². The van der Waals surface area contributed by atoms with E-state index in [4.69, 9.17) is 0 Å². The van der Waals surface area contributed by atoms with E-state index in [-0.39, 0.29) is 5.41 Å². The van der Waals surface area contributed by atoms with Crippen LogP contribution in [0.5, 0.6) is 0 Å². The second-order valence-corrected chi connectivity index (χ2v) is 5.06. The molecule has 2 heterocycles. The van der Waals surface area contributed by atoms with E-state index < -0.39 is 0 Å². The molecule has 1 aromatic carbocycles. The second kappa shape index (κ2) is 3.09. The van der Waals surface area contributed by atoms with E-state index in [2.05, 4.69) is 32.0 Å². The Bertz CT molecular complexity index is 466. The van der Waals surface area contributed by atoms with Crippen molar-refractivity contribution in [2.75, 3.05) is 11.4 Å². The first-order valence-corrected chi connectivity index (χ1v) is 6.13. The second-order valence-electron chi connectivity index (χ2n) is 5.06. The fourth-order valence-corrected chi connectivity index (χ4v) is 3.05. The van der Waals surface area contributed by atoms with Gasteiger partial charge in [0.15, 0.2) is 0 Å². The van der Waals surface area contributed by atoms with Crippen LogP contribution in [0.2, 0.25) is 0 Å². The van der Waals surface area contributed by atoms with Crippen LogP contribution in [0.4, 0.5) is 5.69 Å². The Morgan fingerprint density at radius 1 is 1.44 bits per heavy atom. The molecule has 3 rings (SSSR count). The third-order valence-corrected chi connectivity index (χ3v) is 4.24. The van der Waals surface area contributed by atoms with Crippen molar-refractivity contribution in [2.45, 2.75) is 38.5 Å². The molecule has 1 aromatic rings. The van der Waals surface area contributed by atoms with Crippen LogP contribution in [-0.2, 0) is 16.6 Å². The van der Waals surface area contributed by atoms with E-state index >= 15 is 0 Å². The summed E-state index contributed by atoms with van der Waals surface area (Å²) in [4.78, 5) is 14.5. The van der Waals surface area contributed by atoms with Gasteiger partial charge in [-0.05, 0) is 37.3 Å². The van der Waals surface area contributed by atoms with Gasteiger partial charge in [0.2, 0.25) is 5.91 Å². The minimum absolute atomic E-state index is 0.282. The van der Waals surface area contributed by atoms with E-state index in [0.29, 0.717) is 5.91 Å². The van der Waals surface area contributed by atoms with Gasteiger partial charge < -0.3 is 4.90 Å². The number of carbonyl (C=O) groups excluding carboxylic acids is 1. The molecule has 0 saturated heterocycles. The molecule has 0 bridgehead atoms. The average Bonchev–Trinajstić information content (AvgIpc) is 2.55. The smallest absolute Gasteiger partial charge is 0.237 e. The zero-order valence-corrected chi connectivity index (χ0v) is 9.92. The first-order chi connectivity index (χ1) is 7.68. The lowest BCUT2D eigenvalue weighted by Gasteiger charge is -2.26. The average molecular weight is 215 g/mol. The molecule has 1 atom stereocenters. The molecule has 16 heavy (non-hydrogen) atoms. The molecule has 2 heteroatoms. The van der Waals surface area contributed by atoms with Crippen molar-refractivity contribution < 1.29 is 4.79 Å². The predicted octanol–water partition coefficient (Wildman–Crippen LogP) is 2.65. The molecule has 2 aliphatic rings. The van der Waals surface area contributed by atoms with Crippen LogP contribution in [0.15, 0.2) is 18.2 Å². The number of hydrogen-bond acceptors (Lipinski definition) is 1. The van der Waals surface area contributed by atoms with E-state index in [1.54, 1.807) is 0 Å². The number of carbonyl (C=O) groups is 1. The fourth-order valence-electron chi connectivity index (χ4n) is 3.05. The highest BCUT2D eigenvalue weighted by atomic mass is 16.2.